The number of imidazole rings is 1. The first kappa shape index (κ1) is 19.2. The predicted octanol–water partition coefficient (Wildman–Crippen LogP) is 2.67. The summed E-state index contributed by atoms with van der Waals surface area (Å²) in [6.45, 7) is 2.25. The zero-order valence-electron chi connectivity index (χ0n) is 16.2. The number of fused-ring (bicyclic) bond motifs is 1. The van der Waals surface area contributed by atoms with Gasteiger partial charge in [-0.15, -0.1) is 0 Å². The lowest BCUT2D eigenvalue weighted by Crippen LogP contribution is -2.28. The summed E-state index contributed by atoms with van der Waals surface area (Å²) < 4.78 is 15.7. The van der Waals surface area contributed by atoms with E-state index in [0.717, 1.165) is 0 Å². The van der Waals surface area contributed by atoms with Gasteiger partial charge in [-0.05, 0) is 36.8 Å². The molecule has 2 amide bonds. The molecule has 1 aromatic carbocycles. The maximum absolute atomic E-state index is 14.5. The van der Waals surface area contributed by atoms with Gasteiger partial charge in [0, 0.05) is 37.0 Å². The molecule has 0 fully saturated rings. The number of urea groups is 1. The van der Waals surface area contributed by atoms with Crippen LogP contribution >= 0.6 is 0 Å². The fourth-order valence-electron chi connectivity index (χ4n) is 3.05. The molecule has 3 aromatic heterocycles. The van der Waals surface area contributed by atoms with Crippen LogP contribution in [-0.2, 0) is 7.05 Å². The van der Waals surface area contributed by atoms with E-state index in [4.69, 9.17) is 0 Å². The molecular weight excluding hydrogens is 389 g/mol. The number of aryl methyl sites for hydroxylation is 1. The summed E-state index contributed by atoms with van der Waals surface area (Å²) in [4.78, 5) is 35.4. The fraction of sp³-hybridized carbons (Fsp3) is 0.150. The van der Waals surface area contributed by atoms with Crippen molar-refractivity contribution in [3.05, 3.63) is 58.9 Å². The molecule has 0 spiro atoms. The highest BCUT2D eigenvalue weighted by Crippen LogP contribution is 2.33. The molecule has 0 radical (unpaired) electrons. The van der Waals surface area contributed by atoms with Gasteiger partial charge in [-0.3, -0.25) is 15.1 Å². The number of amides is 2. The fourth-order valence-corrected chi connectivity index (χ4v) is 3.05. The van der Waals surface area contributed by atoms with Crippen molar-refractivity contribution in [1.29, 1.82) is 0 Å². The van der Waals surface area contributed by atoms with Crippen LogP contribution < -0.4 is 16.2 Å². The molecule has 0 aliphatic carbocycles. The number of nitrogens with one attached hydrogen (secondary N) is 3. The molecule has 9 nitrogen and oxygen atoms in total. The Hall–Kier alpha value is -4.08. The maximum Gasteiger partial charge on any atom is 0.321 e. The van der Waals surface area contributed by atoms with Gasteiger partial charge in [-0.2, -0.15) is 5.10 Å². The van der Waals surface area contributed by atoms with Crippen LogP contribution in [0.5, 0.6) is 0 Å². The van der Waals surface area contributed by atoms with E-state index in [1.54, 1.807) is 32.3 Å². The number of carbonyl (C=O) groups excluding carboxylic acids is 1. The second-order valence-electron chi connectivity index (χ2n) is 6.53. The molecule has 3 N–H and O–H groups in total. The number of halogens is 1. The van der Waals surface area contributed by atoms with Crippen molar-refractivity contribution in [3.63, 3.8) is 0 Å². The minimum Gasteiger partial charge on any atom is -0.338 e. The van der Waals surface area contributed by atoms with Gasteiger partial charge < -0.3 is 10.3 Å². The van der Waals surface area contributed by atoms with Crippen LogP contribution in [0.25, 0.3) is 33.4 Å². The highest BCUT2D eigenvalue weighted by molar-refractivity contribution is 5.98. The first-order valence-electron chi connectivity index (χ1n) is 9.19. The van der Waals surface area contributed by atoms with Crippen molar-refractivity contribution in [3.8, 4) is 22.4 Å². The Balaban J connectivity index is 1.92. The Kier molecular flexibility index (Phi) is 4.97. The van der Waals surface area contributed by atoms with Crippen molar-refractivity contribution in [2.24, 2.45) is 7.05 Å². The lowest BCUT2D eigenvalue weighted by Gasteiger charge is -2.08. The summed E-state index contributed by atoms with van der Waals surface area (Å²) in [5.74, 6) is -0.307. The van der Waals surface area contributed by atoms with E-state index in [1.807, 2.05) is 0 Å². The Morgan fingerprint density at radius 3 is 2.83 bits per heavy atom. The Morgan fingerprint density at radius 1 is 1.27 bits per heavy atom. The first-order chi connectivity index (χ1) is 14.5. The third-order valence-electron chi connectivity index (χ3n) is 4.48. The molecule has 3 heterocycles. The third kappa shape index (κ3) is 3.62. The molecule has 30 heavy (non-hydrogen) atoms. The number of aromatic nitrogens is 5. The Bertz CT molecular complexity index is 1310. The smallest absolute Gasteiger partial charge is 0.321 e. The lowest BCUT2D eigenvalue weighted by atomic mass is 10.0. The molecule has 0 aliphatic rings. The van der Waals surface area contributed by atoms with Crippen LogP contribution in [0.4, 0.5) is 15.1 Å². The quantitative estimate of drug-likeness (QED) is 0.481. The zero-order valence-corrected chi connectivity index (χ0v) is 16.2. The number of carbonyl (C=O) groups is 1. The van der Waals surface area contributed by atoms with Crippen molar-refractivity contribution >= 4 is 23.0 Å². The number of nitrogens with zero attached hydrogens (tertiary/aromatic N) is 4. The number of H-pyrrole nitrogens is 1. The number of anilines is 1. The van der Waals surface area contributed by atoms with Crippen LogP contribution in [0.3, 0.4) is 0 Å². The van der Waals surface area contributed by atoms with Gasteiger partial charge in [0.2, 0.25) is 5.95 Å². The van der Waals surface area contributed by atoms with E-state index in [0.29, 0.717) is 34.3 Å². The molecule has 4 aromatic rings. The van der Waals surface area contributed by atoms with Gasteiger partial charge in [0.15, 0.2) is 0 Å². The molecule has 152 valence electrons. The number of benzene rings is 1. The largest absolute Gasteiger partial charge is 0.338 e. The number of aromatic amines is 1. The van der Waals surface area contributed by atoms with Gasteiger partial charge in [-0.25, -0.2) is 18.9 Å². The monoisotopic (exact) mass is 407 g/mol. The van der Waals surface area contributed by atoms with Gasteiger partial charge in [0.05, 0.1) is 17.2 Å². The minimum absolute atomic E-state index is 0.120. The van der Waals surface area contributed by atoms with E-state index in [2.05, 4.69) is 30.7 Å². The van der Waals surface area contributed by atoms with Gasteiger partial charge in [-0.1, -0.05) is 0 Å². The maximum atomic E-state index is 14.5. The van der Waals surface area contributed by atoms with Crippen LogP contribution in [0.2, 0.25) is 0 Å². The van der Waals surface area contributed by atoms with Crippen molar-refractivity contribution in [2.75, 3.05) is 11.9 Å². The number of hydrogen-bond donors (Lipinski definition) is 3. The summed E-state index contributed by atoms with van der Waals surface area (Å²) >= 11 is 0. The topological polar surface area (TPSA) is 118 Å². The second kappa shape index (κ2) is 7.74. The molecule has 4 rings (SSSR count). The van der Waals surface area contributed by atoms with Crippen molar-refractivity contribution < 1.29 is 9.18 Å². The first-order valence-corrected chi connectivity index (χ1v) is 9.19. The zero-order chi connectivity index (χ0) is 21.3. The van der Waals surface area contributed by atoms with Gasteiger partial charge >= 0.3 is 6.03 Å². The van der Waals surface area contributed by atoms with Crippen molar-refractivity contribution in [2.45, 2.75) is 6.92 Å². The van der Waals surface area contributed by atoms with E-state index < -0.39 is 11.8 Å². The third-order valence-corrected chi connectivity index (χ3v) is 4.48. The second-order valence-corrected chi connectivity index (χ2v) is 6.53. The van der Waals surface area contributed by atoms with E-state index >= 15 is 0 Å². The average molecular weight is 407 g/mol. The summed E-state index contributed by atoms with van der Waals surface area (Å²) in [5.41, 5.74) is 2.42. The number of pyridine rings is 1. The van der Waals surface area contributed by atoms with Crippen LogP contribution in [-0.4, -0.2) is 37.3 Å². The Morgan fingerprint density at radius 2 is 2.10 bits per heavy atom. The summed E-state index contributed by atoms with van der Waals surface area (Å²) in [6, 6.07) is 7.27. The number of rotatable bonds is 4. The average Bonchev–Trinajstić information content (AvgIpc) is 3.12. The summed E-state index contributed by atoms with van der Waals surface area (Å²) in [7, 11) is 1.55. The summed E-state index contributed by atoms with van der Waals surface area (Å²) in [6.07, 6.45) is 3.03. The standard InChI is InChI=1S/C20H18FN7O2/c1-3-22-20(30)27-19-25-15-8-11(12-9-16(29)28(2)24-10-12)7-13(18(15)26-19)17-14(21)5-4-6-23-17/h4-10H,3H2,1-2H3,(H3,22,25,26,27,30). The Labute approximate surface area is 170 Å². The normalized spacial score (nSPS) is 10.9. The van der Waals surface area contributed by atoms with Crippen LogP contribution in [0, 0.1) is 5.82 Å². The van der Waals surface area contributed by atoms with Crippen LogP contribution in [0.1, 0.15) is 6.92 Å². The highest BCUT2D eigenvalue weighted by Gasteiger charge is 2.17. The van der Waals surface area contributed by atoms with E-state index in [-0.39, 0.29) is 17.2 Å². The highest BCUT2D eigenvalue weighted by atomic mass is 19.1. The SMILES string of the molecule is CCNC(=O)Nc1nc2cc(-c3cnn(C)c(=O)c3)cc(-c3ncccc3F)c2[nH]1. The summed E-state index contributed by atoms with van der Waals surface area (Å²) in [5, 5.41) is 9.26. The van der Waals surface area contributed by atoms with Gasteiger partial charge in [0.25, 0.3) is 5.56 Å². The molecule has 0 bridgehead atoms. The molecule has 0 aliphatic heterocycles. The molecule has 10 heteroatoms. The minimum atomic E-state index is -0.508. The number of hydrogen-bond acceptors (Lipinski definition) is 5. The van der Waals surface area contributed by atoms with E-state index in [1.165, 1.54) is 29.1 Å². The van der Waals surface area contributed by atoms with Gasteiger partial charge in [0.1, 0.15) is 11.5 Å². The van der Waals surface area contributed by atoms with E-state index in [9.17, 15) is 14.0 Å². The molecule has 0 unspecified atom stereocenters. The molecular formula is C20H18FN7O2. The predicted molar refractivity (Wildman–Crippen MR) is 110 cm³/mol. The molecule has 0 atom stereocenters. The molecule has 0 saturated heterocycles. The van der Waals surface area contributed by atoms with Crippen LogP contribution in [0.15, 0.2) is 47.5 Å². The lowest BCUT2D eigenvalue weighted by molar-refractivity contribution is 0.252. The van der Waals surface area contributed by atoms with Crippen molar-refractivity contribution in [1.82, 2.24) is 30.0 Å². The molecule has 0 saturated carbocycles.